The number of ether oxygens (including phenoxy) is 1. The zero-order valence-corrected chi connectivity index (χ0v) is 12.8. The molecule has 3 N–H and O–H groups in total. The number of carbonyl (C=O) groups excluding carboxylic acids is 1. The number of aromatic nitrogens is 1. The number of likely N-dealkylation sites (tertiary alicyclic amines) is 1. The minimum Gasteiger partial charge on any atom is -0.444 e. The summed E-state index contributed by atoms with van der Waals surface area (Å²) in [5.74, 6) is 0.247. The van der Waals surface area contributed by atoms with Gasteiger partial charge in [0, 0.05) is 24.7 Å². The highest BCUT2D eigenvalue weighted by Crippen LogP contribution is 2.27. The van der Waals surface area contributed by atoms with E-state index in [1.54, 1.807) is 11.0 Å². The topological polar surface area (TPSA) is 88.4 Å². The molecule has 21 heavy (non-hydrogen) atoms. The van der Waals surface area contributed by atoms with Crippen molar-refractivity contribution >= 4 is 11.8 Å². The Balaban J connectivity index is 1.95. The normalized spacial score (nSPS) is 16.8. The van der Waals surface area contributed by atoms with E-state index in [1.165, 1.54) is 0 Å². The summed E-state index contributed by atoms with van der Waals surface area (Å²) in [6.07, 6.45) is 1.34. The molecule has 1 aromatic rings. The Morgan fingerprint density at radius 1 is 1.33 bits per heavy atom. The second-order valence-corrected chi connectivity index (χ2v) is 6.44. The van der Waals surface area contributed by atoms with Crippen LogP contribution in [0.1, 0.15) is 45.2 Å². The molecule has 0 radical (unpaired) electrons. The average molecular weight is 293 g/mol. The van der Waals surface area contributed by atoms with Crippen LogP contribution in [0.2, 0.25) is 0 Å². The molecule has 2 heterocycles. The molecule has 1 aliphatic rings. The van der Waals surface area contributed by atoms with Gasteiger partial charge >= 0.3 is 6.09 Å². The van der Waals surface area contributed by atoms with Crippen LogP contribution >= 0.6 is 0 Å². The second-order valence-electron chi connectivity index (χ2n) is 6.44. The maximum absolute atomic E-state index is 12.0. The van der Waals surface area contributed by atoms with Crippen LogP contribution in [0, 0.1) is 0 Å². The maximum Gasteiger partial charge on any atom is 0.410 e. The van der Waals surface area contributed by atoms with Crippen molar-refractivity contribution in [2.45, 2.75) is 45.1 Å². The summed E-state index contributed by atoms with van der Waals surface area (Å²) in [5.41, 5.74) is 5.92. The Kier molecular flexibility index (Phi) is 4.25. The number of pyridine rings is 1. The summed E-state index contributed by atoms with van der Waals surface area (Å²) in [5, 5.41) is 0. The number of hydrogen-bond acceptors (Lipinski definition) is 4. The zero-order valence-electron chi connectivity index (χ0n) is 12.8. The number of H-pyrrole nitrogens is 1. The molecular formula is C15H23N3O3. The van der Waals surface area contributed by atoms with Gasteiger partial charge in [-0.05, 0) is 45.7 Å². The van der Waals surface area contributed by atoms with Crippen molar-refractivity contribution in [1.82, 2.24) is 9.88 Å². The monoisotopic (exact) mass is 293 g/mol. The predicted octanol–water partition coefficient (Wildman–Crippen LogP) is 2.07. The molecule has 1 saturated heterocycles. The second kappa shape index (κ2) is 5.79. The number of nitrogen functional groups attached to an aromatic ring is 1. The number of nitrogens with two attached hydrogens (primary N) is 1. The van der Waals surface area contributed by atoms with Gasteiger partial charge in [0.2, 0.25) is 0 Å². The molecular weight excluding hydrogens is 270 g/mol. The highest BCUT2D eigenvalue weighted by atomic mass is 16.6. The van der Waals surface area contributed by atoms with Gasteiger partial charge in [-0.1, -0.05) is 0 Å². The summed E-state index contributed by atoms with van der Waals surface area (Å²) in [4.78, 5) is 28.1. The van der Waals surface area contributed by atoms with Gasteiger partial charge in [-0.3, -0.25) is 4.79 Å². The van der Waals surface area contributed by atoms with Crippen molar-refractivity contribution in [2.75, 3.05) is 18.8 Å². The largest absolute Gasteiger partial charge is 0.444 e. The van der Waals surface area contributed by atoms with Crippen molar-refractivity contribution < 1.29 is 9.53 Å². The van der Waals surface area contributed by atoms with E-state index in [-0.39, 0.29) is 23.3 Å². The highest BCUT2D eigenvalue weighted by molar-refractivity contribution is 5.68. The van der Waals surface area contributed by atoms with Gasteiger partial charge in [0.05, 0.1) is 5.69 Å². The summed E-state index contributed by atoms with van der Waals surface area (Å²) in [6, 6.07) is 3.49. The number of amides is 1. The van der Waals surface area contributed by atoms with Crippen molar-refractivity contribution in [3.8, 4) is 0 Å². The van der Waals surface area contributed by atoms with Crippen LogP contribution in [0.15, 0.2) is 16.9 Å². The van der Waals surface area contributed by atoms with Crippen LogP contribution < -0.4 is 11.3 Å². The van der Waals surface area contributed by atoms with E-state index in [1.807, 2.05) is 26.8 Å². The van der Waals surface area contributed by atoms with Crippen LogP contribution in [0.5, 0.6) is 0 Å². The van der Waals surface area contributed by atoms with Crippen LogP contribution in [-0.4, -0.2) is 34.7 Å². The number of rotatable bonds is 1. The molecule has 0 saturated carbocycles. The molecule has 0 aromatic carbocycles. The molecule has 0 aliphatic carbocycles. The molecule has 0 bridgehead atoms. The summed E-state index contributed by atoms with van der Waals surface area (Å²) in [6.45, 7) is 6.84. The third-order valence-corrected chi connectivity index (χ3v) is 3.55. The smallest absolute Gasteiger partial charge is 0.410 e. The number of anilines is 1. The van der Waals surface area contributed by atoms with E-state index in [0.29, 0.717) is 13.1 Å². The molecule has 1 amide bonds. The molecule has 6 heteroatoms. The Labute approximate surface area is 124 Å². The van der Waals surface area contributed by atoms with Gasteiger partial charge in [0.25, 0.3) is 5.56 Å². The Morgan fingerprint density at radius 3 is 2.48 bits per heavy atom. The number of nitrogens with zero attached hydrogens (tertiary/aromatic N) is 1. The maximum atomic E-state index is 12.0. The Bertz CT molecular complexity index is 566. The molecule has 0 atom stereocenters. The summed E-state index contributed by atoms with van der Waals surface area (Å²) < 4.78 is 5.37. The first kappa shape index (κ1) is 15.4. The van der Waals surface area contributed by atoms with E-state index >= 15 is 0 Å². The van der Waals surface area contributed by atoms with E-state index in [2.05, 4.69) is 4.98 Å². The lowest BCUT2D eigenvalue weighted by atomic mass is 9.93. The minimum atomic E-state index is -0.476. The van der Waals surface area contributed by atoms with Gasteiger partial charge in [-0.25, -0.2) is 4.79 Å². The third-order valence-electron chi connectivity index (χ3n) is 3.55. The lowest BCUT2D eigenvalue weighted by Crippen LogP contribution is -2.41. The first-order chi connectivity index (χ1) is 9.76. The number of nitrogens with one attached hydrogen (secondary N) is 1. The fourth-order valence-electron chi connectivity index (χ4n) is 2.44. The van der Waals surface area contributed by atoms with Crippen molar-refractivity contribution in [3.05, 3.63) is 28.2 Å². The SMILES string of the molecule is CC(C)(C)OC(=O)N1CCC(c2ccc(N)c(=O)[nH]2)CC1. The van der Waals surface area contributed by atoms with Crippen LogP contribution in [0.3, 0.4) is 0 Å². The van der Waals surface area contributed by atoms with Gasteiger partial charge in [-0.2, -0.15) is 0 Å². The molecule has 6 nitrogen and oxygen atoms in total. The first-order valence-electron chi connectivity index (χ1n) is 7.23. The molecule has 1 fully saturated rings. The molecule has 1 aromatic heterocycles. The zero-order chi connectivity index (χ0) is 15.6. The predicted molar refractivity (Wildman–Crippen MR) is 81.3 cm³/mol. The molecule has 1 aliphatic heterocycles. The van der Waals surface area contributed by atoms with Crippen LogP contribution in [0.25, 0.3) is 0 Å². The van der Waals surface area contributed by atoms with E-state index < -0.39 is 5.60 Å². The van der Waals surface area contributed by atoms with Crippen molar-refractivity contribution in [3.63, 3.8) is 0 Å². The standard InChI is InChI=1S/C15H23N3O3/c1-15(2,3)21-14(20)18-8-6-10(7-9-18)12-5-4-11(16)13(19)17-12/h4-5,10H,6-9,16H2,1-3H3,(H,17,19). The van der Waals surface area contributed by atoms with Gasteiger partial charge in [-0.15, -0.1) is 0 Å². The number of hydrogen-bond donors (Lipinski definition) is 2. The van der Waals surface area contributed by atoms with Crippen LogP contribution in [-0.2, 0) is 4.74 Å². The highest BCUT2D eigenvalue weighted by Gasteiger charge is 2.27. The Hall–Kier alpha value is -1.98. The lowest BCUT2D eigenvalue weighted by Gasteiger charge is -2.33. The molecule has 0 spiro atoms. The van der Waals surface area contributed by atoms with Crippen molar-refractivity contribution in [1.29, 1.82) is 0 Å². The Morgan fingerprint density at radius 2 is 1.95 bits per heavy atom. The third kappa shape index (κ3) is 4.00. The quantitative estimate of drug-likeness (QED) is 0.829. The molecule has 116 valence electrons. The average Bonchev–Trinajstić information content (AvgIpc) is 2.40. The lowest BCUT2D eigenvalue weighted by molar-refractivity contribution is 0.0204. The summed E-state index contributed by atoms with van der Waals surface area (Å²) in [7, 11) is 0. The van der Waals surface area contributed by atoms with E-state index in [9.17, 15) is 9.59 Å². The number of carbonyl (C=O) groups is 1. The van der Waals surface area contributed by atoms with Crippen molar-refractivity contribution in [2.24, 2.45) is 0 Å². The van der Waals surface area contributed by atoms with Crippen LogP contribution in [0.4, 0.5) is 10.5 Å². The van der Waals surface area contributed by atoms with E-state index in [0.717, 1.165) is 18.5 Å². The fourth-order valence-corrected chi connectivity index (χ4v) is 2.44. The number of piperidine rings is 1. The van der Waals surface area contributed by atoms with Gasteiger partial charge in [0.15, 0.2) is 0 Å². The van der Waals surface area contributed by atoms with Gasteiger partial charge in [0.1, 0.15) is 5.60 Å². The number of aromatic amines is 1. The molecule has 2 rings (SSSR count). The molecule has 0 unspecified atom stereocenters. The minimum absolute atomic E-state index is 0.227. The van der Waals surface area contributed by atoms with E-state index in [4.69, 9.17) is 10.5 Å². The summed E-state index contributed by atoms with van der Waals surface area (Å²) >= 11 is 0. The fraction of sp³-hybridized carbons (Fsp3) is 0.600. The van der Waals surface area contributed by atoms with Gasteiger partial charge < -0.3 is 20.4 Å². The first-order valence-corrected chi connectivity index (χ1v) is 7.23.